The van der Waals surface area contributed by atoms with Crippen molar-refractivity contribution < 1.29 is 34.7 Å². The van der Waals surface area contributed by atoms with Crippen LogP contribution in [0.25, 0.3) is 0 Å². The van der Waals surface area contributed by atoms with Crippen molar-refractivity contribution in [3.8, 4) is 28.7 Å². The summed E-state index contributed by atoms with van der Waals surface area (Å²) in [4.78, 5) is 12.7. The highest BCUT2D eigenvalue weighted by atomic mass is 16.5. The third-order valence-electron chi connectivity index (χ3n) is 4.91. The van der Waals surface area contributed by atoms with Crippen molar-refractivity contribution in [2.45, 2.75) is 31.7 Å². The monoisotopic (exact) mass is 370 g/mol. The van der Waals surface area contributed by atoms with Crippen LogP contribution in [0.1, 0.15) is 34.5 Å². The predicted molar refractivity (Wildman–Crippen MR) is 94.5 cm³/mol. The zero-order valence-corrected chi connectivity index (χ0v) is 14.5. The molecule has 27 heavy (non-hydrogen) atoms. The van der Waals surface area contributed by atoms with E-state index in [-0.39, 0.29) is 40.2 Å². The van der Waals surface area contributed by atoms with Gasteiger partial charge in [-0.05, 0) is 24.6 Å². The first-order chi connectivity index (χ1) is 12.8. The Kier molecular flexibility index (Phi) is 3.78. The van der Waals surface area contributed by atoms with Crippen LogP contribution in [-0.4, -0.2) is 38.4 Å². The van der Waals surface area contributed by atoms with Crippen LogP contribution in [0.4, 0.5) is 0 Å². The second kappa shape index (κ2) is 5.92. The van der Waals surface area contributed by atoms with Gasteiger partial charge in [0.25, 0.3) is 0 Å². The Hall–Kier alpha value is -3.19. The van der Waals surface area contributed by atoms with Crippen molar-refractivity contribution in [2.24, 2.45) is 0 Å². The number of hydrogen-bond donors (Lipinski definition) is 4. The van der Waals surface area contributed by atoms with E-state index in [0.717, 1.165) is 11.6 Å². The number of aromatic hydroxyl groups is 3. The quantitative estimate of drug-likeness (QED) is 0.600. The number of benzene rings is 2. The summed E-state index contributed by atoms with van der Waals surface area (Å²) in [5, 5.41) is 40.5. The van der Waals surface area contributed by atoms with E-state index in [0.29, 0.717) is 17.7 Å². The van der Waals surface area contributed by atoms with E-state index in [4.69, 9.17) is 9.47 Å². The summed E-state index contributed by atoms with van der Waals surface area (Å²) in [5.74, 6) is -1.03. The average Bonchev–Trinajstić information content (AvgIpc) is 3.03. The van der Waals surface area contributed by atoms with Gasteiger partial charge in [0.15, 0.2) is 12.2 Å². The molecular weight excluding hydrogens is 352 g/mol. The zero-order valence-electron chi connectivity index (χ0n) is 14.5. The van der Waals surface area contributed by atoms with Crippen LogP contribution in [0, 0.1) is 0 Å². The molecule has 0 radical (unpaired) electrons. The molecule has 0 saturated heterocycles. The van der Waals surface area contributed by atoms with Gasteiger partial charge >= 0.3 is 0 Å². The van der Waals surface area contributed by atoms with Crippen LogP contribution in [0.5, 0.6) is 28.7 Å². The molecule has 7 heteroatoms. The third-order valence-corrected chi connectivity index (χ3v) is 4.91. The Morgan fingerprint density at radius 2 is 1.89 bits per heavy atom. The SMILES string of the molecule is C=C(C)[C@H]1Cc2c(cc3c(c2O)C(=O)[C@H](O)[C@@H](c2ccc(O)cc2O)O3)O1. The number of aliphatic hydroxyl groups excluding tert-OH is 1. The molecule has 0 saturated carbocycles. The topological polar surface area (TPSA) is 116 Å². The highest BCUT2D eigenvalue weighted by molar-refractivity contribution is 6.06. The molecule has 2 aliphatic rings. The number of ether oxygens (including phenoxy) is 2. The van der Waals surface area contributed by atoms with E-state index in [1.54, 1.807) is 0 Å². The average molecular weight is 370 g/mol. The van der Waals surface area contributed by atoms with Crippen LogP contribution in [-0.2, 0) is 6.42 Å². The summed E-state index contributed by atoms with van der Waals surface area (Å²) in [6, 6.07) is 5.26. The Morgan fingerprint density at radius 1 is 1.15 bits per heavy atom. The molecule has 0 spiro atoms. The highest BCUT2D eigenvalue weighted by Crippen LogP contribution is 2.48. The zero-order chi connectivity index (χ0) is 19.5. The first-order valence-electron chi connectivity index (χ1n) is 8.39. The van der Waals surface area contributed by atoms with Crippen LogP contribution < -0.4 is 9.47 Å². The van der Waals surface area contributed by atoms with Crippen LogP contribution >= 0.6 is 0 Å². The van der Waals surface area contributed by atoms with Gasteiger partial charge in [0.05, 0.1) is 0 Å². The molecular formula is C20H18O7. The van der Waals surface area contributed by atoms with E-state index >= 15 is 0 Å². The normalized spacial score (nSPS) is 23.2. The Labute approximate surface area is 154 Å². The Bertz CT molecular complexity index is 979. The maximum Gasteiger partial charge on any atom is 0.202 e. The molecule has 2 heterocycles. The molecule has 0 bridgehead atoms. The van der Waals surface area contributed by atoms with Crippen molar-refractivity contribution in [3.05, 3.63) is 53.1 Å². The van der Waals surface area contributed by atoms with Crippen LogP contribution in [0.3, 0.4) is 0 Å². The van der Waals surface area contributed by atoms with Gasteiger partial charge in [-0.1, -0.05) is 6.58 Å². The van der Waals surface area contributed by atoms with Gasteiger partial charge in [-0.15, -0.1) is 0 Å². The molecule has 7 nitrogen and oxygen atoms in total. The lowest BCUT2D eigenvalue weighted by Crippen LogP contribution is -2.36. The number of Topliss-reactive ketones (excluding diaryl/α,β-unsaturated/α-hetero) is 1. The van der Waals surface area contributed by atoms with Gasteiger partial charge < -0.3 is 29.9 Å². The number of rotatable bonds is 2. The fraction of sp³-hybridized carbons (Fsp3) is 0.250. The molecule has 4 rings (SSSR count). The molecule has 0 fully saturated rings. The van der Waals surface area contributed by atoms with Crippen molar-refractivity contribution in [2.75, 3.05) is 0 Å². The lowest BCUT2D eigenvalue weighted by Gasteiger charge is -2.30. The number of carbonyl (C=O) groups excluding carboxylic acids is 1. The maximum absolute atomic E-state index is 12.7. The lowest BCUT2D eigenvalue weighted by atomic mass is 9.90. The summed E-state index contributed by atoms with van der Waals surface area (Å²) in [6.45, 7) is 5.66. The number of ketones is 1. The molecule has 3 atom stereocenters. The molecule has 0 amide bonds. The molecule has 0 aromatic heterocycles. The number of phenols is 3. The number of fused-ring (bicyclic) bond motifs is 2. The summed E-state index contributed by atoms with van der Waals surface area (Å²) < 4.78 is 11.5. The van der Waals surface area contributed by atoms with E-state index in [9.17, 15) is 25.2 Å². The molecule has 0 unspecified atom stereocenters. The van der Waals surface area contributed by atoms with Crippen molar-refractivity contribution in [1.29, 1.82) is 0 Å². The third kappa shape index (κ3) is 2.59. The molecule has 2 aromatic carbocycles. The second-order valence-corrected chi connectivity index (χ2v) is 6.82. The van der Waals surface area contributed by atoms with E-state index in [2.05, 4.69) is 6.58 Å². The van der Waals surface area contributed by atoms with Gasteiger partial charge in [-0.3, -0.25) is 4.79 Å². The van der Waals surface area contributed by atoms with Crippen molar-refractivity contribution in [3.63, 3.8) is 0 Å². The van der Waals surface area contributed by atoms with Crippen molar-refractivity contribution >= 4 is 5.78 Å². The van der Waals surface area contributed by atoms with E-state index in [1.807, 2.05) is 6.92 Å². The highest BCUT2D eigenvalue weighted by Gasteiger charge is 2.42. The second-order valence-electron chi connectivity index (χ2n) is 6.82. The van der Waals surface area contributed by atoms with Gasteiger partial charge in [0.2, 0.25) is 5.78 Å². The minimum atomic E-state index is -1.63. The van der Waals surface area contributed by atoms with Crippen molar-refractivity contribution in [1.82, 2.24) is 0 Å². The lowest BCUT2D eigenvalue weighted by molar-refractivity contribution is 0.0203. The first kappa shape index (κ1) is 17.2. The fourth-order valence-electron chi connectivity index (χ4n) is 3.44. The Morgan fingerprint density at radius 3 is 2.56 bits per heavy atom. The van der Waals surface area contributed by atoms with Gasteiger partial charge in [0, 0.05) is 29.7 Å². The first-order valence-corrected chi connectivity index (χ1v) is 8.39. The molecule has 2 aliphatic heterocycles. The smallest absolute Gasteiger partial charge is 0.202 e. The van der Waals surface area contributed by atoms with Crippen LogP contribution in [0.15, 0.2) is 36.4 Å². The van der Waals surface area contributed by atoms with Gasteiger partial charge in [0.1, 0.15) is 40.4 Å². The molecule has 0 aliphatic carbocycles. The Balaban J connectivity index is 1.79. The summed E-state index contributed by atoms with van der Waals surface area (Å²) in [5.41, 5.74) is 1.28. The predicted octanol–water partition coefficient (Wildman–Crippen LogP) is 2.36. The maximum atomic E-state index is 12.7. The number of carbonyl (C=O) groups is 1. The number of aliphatic hydroxyl groups is 1. The van der Waals surface area contributed by atoms with Gasteiger partial charge in [-0.2, -0.15) is 0 Å². The van der Waals surface area contributed by atoms with Crippen LogP contribution in [0.2, 0.25) is 0 Å². The number of hydrogen-bond acceptors (Lipinski definition) is 7. The summed E-state index contributed by atoms with van der Waals surface area (Å²) >= 11 is 0. The fourth-order valence-corrected chi connectivity index (χ4v) is 3.44. The largest absolute Gasteiger partial charge is 0.508 e. The molecule has 2 aromatic rings. The standard InChI is InChI=1S/C20H18O7/c1-8(2)13-6-11-14(26-13)7-15-16(17(11)23)18(24)19(25)20(27-15)10-4-3-9(21)5-12(10)22/h3-5,7,13,19-23,25H,1,6H2,2H3/t13-,19+,20-/m1/s1. The molecule has 4 N–H and O–H groups in total. The summed E-state index contributed by atoms with van der Waals surface area (Å²) in [6.07, 6.45) is -2.76. The van der Waals surface area contributed by atoms with E-state index < -0.39 is 18.0 Å². The minimum Gasteiger partial charge on any atom is -0.508 e. The summed E-state index contributed by atoms with van der Waals surface area (Å²) in [7, 11) is 0. The van der Waals surface area contributed by atoms with E-state index in [1.165, 1.54) is 18.2 Å². The number of phenolic OH excluding ortho intramolecular Hbond substituents is 3. The molecule has 140 valence electrons. The minimum absolute atomic E-state index is 0.0568. The van der Waals surface area contributed by atoms with Gasteiger partial charge in [-0.25, -0.2) is 0 Å².